The van der Waals surface area contributed by atoms with Gasteiger partial charge in [0, 0.05) is 35.2 Å². The number of rotatable bonds is 7. The molecule has 0 heterocycles. The van der Waals surface area contributed by atoms with E-state index in [1.54, 1.807) is 11.8 Å². The van der Waals surface area contributed by atoms with E-state index in [9.17, 15) is 4.79 Å². The van der Waals surface area contributed by atoms with Crippen LogP contribution in [0.4, 0.5) is 0 Å². The number of halogens is 1. The smallest absolute Gasteiger partial charge is 0.220 e. The molecule has 5 heteroatoms. The quantitative estimate of drug-likeness (QED) is 0.592. The average molecular weight is 274 g/mol. The maximum Gasteiger partial charge on any atom is 0.220 e. The first-order chi connectivity index (χ1) is 8.22. The number of carbonyl (C=O) groups excluding carboxylic acids is 1. The second-order valence-electron chi connectivity index (χ2n) is 3.48. The van der Waals surface area contributed by atoms with Gasteiger partial charge < -0.3 is 10.4 Å². The van der Waals surface area contributed by atoms with Crippen molar-refractivity contribution >= 4 is 29.3 Å². The summed E-state index contributed by atoms with van der Waals surface area (Å²) in [6, 6.07) is 7.62. The molecule has 0 aliphatic carbocycles. The van der Waals surface area contributed by atoms with E-state index in [1.165, 1.54) is 0 Å². The molecule has 94 valence electrons. The molecule has 0 saturated carbocycles. The molecule has 1 aromatic carbocycles. The summed E-state index contributed by atoms with van der Waals surface area (Å²) in [7, 11) is 0. The third kappa shape index (κ3) is 6.56. The molecule has 0 aromatic heterocycles. The Morgan fingerprint density at radius 1 is 1.35 bits per heavy atom. The molecule has 0 bridgehead atoms. The van der Waals surface area contributed by atoms with Gasteiger partial charge >= 0.3 is 0 Å². The van der Waals surface area contributed by atoms with Gasteiger partial charge in [0.2, 0.25) is 5.91 Å². The molecule has 0 atom stereocenters. The average Bonchev–Trinajstić information content (AvgIpc) is 2.34. The van der Waals surface area contributed by atoms with E-state index in [-0.39, 0.29) is 12.5 Å². The van der Waals surface area contributed by atoms with Crippen LogP contribution in [-0.4, -0.2) is 29.9 Å². The van der Waals surface area contributed by atoms with Gasteiger partial charge in [-0.3, -0.25) is 4.79 Å². The Kier molecular flexibility index (Phi) is 7.08. The van der Waals surface area contributed by atoms with Crippen LogP contribution >= 0.6 is 23.4 Å². The summed E-state index contributed by atoms with van der Waals surface area (Å²) in [5.41, 5.74) is 0. The first kappa shape index (κ1) is 14.4. The molecule has 1 amide bonds. The molecule has 3 nitrogen and oxygen atoms in total. The zero-order chi connectivity index (χ0) is 12.5. The molecule has 1 rings (SSSR count). The second-order valence-corrected chi connectivity index (χ2v) is 5.08. The van der Waals surface area contributed by atoms with Gasteiger partial charge in [-0.05, 0) is 30.7 Å². The molecular formula is C12H16ClNO2S. The third-order valence-corrected chi connectivity index (χ3v) is 3.33. The maximum absolute atomic E-state index is 11.2. The van der Waals surface area contributed by atoms with Gasteiger partial charge in [-0.1, -0.05) is 11.6 Å². The lowest BCUT2D eigenvalue weighted by atomic mass is 10.3. The largest absolute Gasteiger partial charge is 0.396 e. The number of carbonyl (C=O) groups is 1. The zero-order valence-electron chi connectivity index (χ0n) is 9.49. The van der Waals surface area contributed by atoms with Crippen molar-refractivity contribution in [2.45, 2.75) is 17.7 Å². The predicted octanol–water partition coefficient (Wildman–Crippen LogP) is 2.32. The number of aliphatic hydroxyl groups excluding tert-OH is 1. The Morgan fingerprint density at radius 2 is 2.06 bits per heavy atom. The van der Waals surface area contributed by atoms with E-state index in [1.807, 2.05) is 24.3 Å². The minimum atomic E-state index is -0.00393. The van der Waals surface area contributed by atoms with Crippen LogP contribution in [0.25, 0.3) is 0 Å². The zero-order valence-corrected chi connectivity index (χ0v) is 11.1. The van der Waals surface area contributed by atoms with Crippen LogP contribution in [0, 0.1) is 0 Å². The van der Waals surface area contributed by atoms with Crippen LogP contribution in [0.2, 0.25) is 5.02 Å². The number of benzene rings is 1. The number of hydrogen-bond donors (Lipinski definition) is 2. The van der Waals surface area contributed by atoms with Gasteiger partial charge in [-0.2, -0.15) is 0 Å². The number of thioether (sulfide) groups is 1. The van der Waals surface area contributed by atoms with E-state index in [0.29, 0.717) is 19.4 Å². The number of aliphatic hydroxyl groups is 1. The van der Waals surface area contributed by atoms with Gasteiger partial charge in [0.15, 0.2) is 0 Å². The fourth-order valence-electron chi connectivity index (χ4n) is 1.22. The highest BCUT2D eigenvalue weighted by molar-refractivity contribution is 7.99. The first-order valence-corrected chi connectivity index (χ1v) is 6.84. The Labute approximate surface area is 111 Å². The molecule has 2 N–H and O–H groups in total. The molecular weight excluding hydrogens is 258 g/mol. The van der Waals surface area contributed by atoms with Crippen molar-refractivity contribution in [3.8, 4) is 0 Å². The summed E-state index contributed by atoms with van der Waals surface area (Å²) in [5.74, 6) is 0.822. The monoisotopic (exact) mass is 273 g/mol. The van der Waals surface area contributed by atoms with Crippen LogP contribution in [0.15, 0.2) is 29.2 Å². The predicted molar refractivity (Wildman–Crippen MR) is 71.5 cm³/mol. The summed E-state index contributed by atoms with van der Waals surface area (Å²) in [6.45, 7) is 0.699. The van der Waals surface area contributed by atoms with Gasteiger partial charge in [-0.15, -0.1) is 11.8 Å². The Balaban J connectivity index is 2.11. The van der Waals surface area contributed by atoms with Gasteiger partial charge in [0.1, 0.15) is 0 Å². The van der Waals surface area contributed by atoms with E-state index in [2.05, 4.69) is 5.32 Å². The van der Waals surface area contributed by atoms with Crippen LogP contribution in [0.5, 0.6) is 0 Å². The maximum atomic E-state index is 11.2. The van der Waals surface area contributed by atoms with Crippen LogP contribution in [0.3, 0.4) is 0 Å². The Morgan fingerprint density at radius 3 is 2.71 bits per heavy atom. The highest BCUT2D eigenvalue weighted by atomic mass is 35.5. The van der Waals surface area contributed by atoms with Gasteiger partial charge in [0.05, 0.1) is 0 Å². The minimum absolute atomic E-state index is 0.00393. The topological polar surface area (TPSA) is 49.3 Å². The lowest BCUT2D eigenvalue weighted by Gasteiger charge is -2.04. The lowest BCUT2D eigenvalue weighted by molar-refractivity contribution is -0.121. The van der Waals surface area contributed by atoms with Gasteiger partial charge in [0.25, 0.3) is 0 Å². The summed E-state index contributed by atoms with van der Waals surface area (Å²) in [5, 5.41) is 12.1. The molecule has 0 fully saturated rings. The van der Waals surface area contributed by atoms with E-state index in [0.717, 1.165) is 15.7 Å². The Hall–Kier alpha value is -0.710. The molecule has 0 radical (unpaired) electrons. The van der Waals surface area contributed by atoms with Crippen molar-refractivity contribution in [2.24, 2.45) is 0 Å². The SMILES string of the molecule is O=C(CCCO)NCCSc1ccc(Cl)cc1. The summed E-state index contributed by atoms with van der Waals surface area (Å²) >= 11 is 7.45. The van der Waals surface area contributed by atoms with Crippen LogP contribution < -0.4 is 5.32 Å². The highest BCUT2D eigenvalue weighted by Gasteiger charge is 1.99. The molecule has 0 spiro atoms. The van der Waals surface area contributed by atoms with Crippen molar-refractivity contribution in [3.05, 3.63) is 29.3 Å². The number of hydrogen-bond acceptors (Lipinski definition) is 3. The van der Waals surface area contributed by atoms with E-state index in [4.69, 9.17) is 16.7 Å². The fourth-order valence-corrected chi connectivity index (χ4v) is 2.11. The van der Waals surface area contributed by atoms with Crippen molar-refractivity contribution in [1.29, 1.82) is 0 Å². The van der Waals surface area contributed by atoms with Crippen molar-refractivity contribution in [1.82, 2.24) is 5.32 Å². The number of nitrogens with one attached hydrogen (secondary N) is 1. The molecule has 0 aliphatic rings. The third-order valence-electron chi connectivity index (χ3n) is 2.07. The molecule has 1 aromatic rings. The van der Waals surface area contributed by atoms with Crippen LogP contribution in [0.1, 0.15) is 12.8 Å². The number of amides is 1. The van der Waals surface area contributed by atoms with Crippen molar-refractivity contribution in [2.75, 3.05) is 18.9 Å². The van der Waals surface area contributed by atoms with Crippen molar-refractivity contribution in [3.63, 3.8) is 0 Å². The first-order valence-electron chi connectivity index (χ1n) is 5.48. The second kappa shape index (κ2) is 8.39. The van der Waals surface area contributed by atoms with Gasteiger partial charge in [-0.25, -0.2) is 0 Å². The van der Waals surface area contributed by atoms with Crippen molar-refractivity contribution < 1.29 is 9.90 Å². The summed E-state index contributed by atoms with van der Waals surface area (Å²) in [6.07, 6.45) is 0.915. The van der Waals surface area contributed by atoms with Crippen LogP contribution in [-0.2, 0) is 4.79 Å². The Bertz CT molecular complexity index is 343. The standard InChI is InChI=1S/C12H16ClNO2S/c13-10-3-5-11(6-4-10)17-9-7-14-12(16)2-1-8-15/h3-6,15H,1-2,7-9H2,(H,14,16). The summed E-state index contributed by atoms with van der Waals surface area (Å²) < 4.78 is 0. The molecule has 17 heavy (non-hydrogen) atoms. The normalized spacial score (nSPS) is 10.2. The molecule has 0 saturated heterocycles. The lowest BCUT2D eigenvalue weighted by Crippen LogP contribution is -2.25. The summed E-state index contributed by atoms with van der Waals surface area (Å²) in [4.78, 5) is 12.3. The minimum Gasteiger partial charge on any atom is -0.396 e. The molecule has 0 aliphatic heterocycles. The molecule has 0 unspecified atom stereocenters. The fraction of sp³-hybridized carbons (Fsp3) is 0.417. The highest BCUT2D eigenvalue weighted by Crippen LogP contribution is 2.19. The van der Waals surface area contributed by atoms with E-state index >= 15 is 0 Å². The van der Waals surface area contributed by atoms with E-state index < -0.39 is 0 Å².